The van der Waals surface area contributed by atoms with E-state index in [1.165, 1.54) is 23.8 Å². The molecule has 0 saturated heterocycles. The number of nitrogens with zero attached hydrogens (tertiary/aromatic N) is 1. The number of hydrogen-bond donors (Lipinski definition) is 0. The molecule has 0 aliphatic heterocycles. The van der Waals surface area contributed by atoms with Gasteiger partial charge >= 0.3 is 5.97 Å². The second kappa shape index (κ2) is 9.47. The Balaban J connectivity index is 3.61. The lowest BCUT2D eigenvalue weighted by Gasteiger charge is -2.15. The molecular formula is C10H19NO4S. The molecule has 0 N–H and O–H groups in total. The number of ether oxygens (including phenoxy) is 2. The summed E-state index contributed by atoms with van der Waals surface area (Å²) in [5.74, 6) is 0.936. The molecule has 0 aliphatic rings. The molecule has 0 aromatic heterocycles. The highest BCUT2D eigenvalue weighted by atomic mass is 32.2. The Labute approximate surface area is 100 Å². The van der Waals surface area contributed by atoms with E-state index in [4.69, 9.17) is 4.74 Å². The average Bonchev–Trinajstić information content (AvgIpc) is 2.30. The molecule has 16 heavy (non-hydrogen) atoms. The molecule has 0 unspecified atom stereocenters. The van der Waals surface area contributed by atoms with Gasteiger partial charge in [0.2, 0.25) is 5.91 Å². The summed E-state index contributed by atoms with van der Waals surface area (Å²) in [5.41, 5.74) is 0. The SMILES string of the molecule is COCCSCC(=O)N(C)CCC(=O)OC. The van der Waals surface area contributed by atoms with Gasteiger partial charge in [0.15, 0.2) is 0 Å². The number of carbonyl (C=O) groups excluding carboxylic acids is 2. The molecule has 0 aromatic carbocycles. The van der Waals surface area contributed by atoms with Crippen LogP contribution in [0.4, 0.5) is 0 Å². The van der Waals surface area contributed by atoms with Gasteiger partial charge in [0.1, 0.15) is 0 Å². The van der Waals surface area contributed by atoms with E-state index in [2.05, 4.69) is 4.74 Å². The van der Waals surface area contributed by atoms with Gasteiger partial charge in [0.25, 0.3) is 0 Å². The summed E-state index contributed by atoms with van der Waals surface area (Å²) < 4.78 is 9.37. The Morgan fingerprint density at radius 1 is 1.31 bits per heavy atom. The fourth-order valence-electron chi connectivity index (χ4n) is 0.898. The Morgan fingerprint density at radius 2 is 2.00 bits per heavy atom. The molecule has 5 nitrogen and oxygen atoms in total. The first-order chi connectivity index (χ1) is 7.61. The highest BCUT2D eigenvalue weighted by molar-refractivity contribution is 7.99. The normalized spacial score (nSPS) is 9.94. The first kappa shape index (κ1) is 15.2. The summed E-state index contributed by atoms with van der Waals surface area (Å²) in [4.78, 5) is 23.9. The lowest BCUT2D eigenvalue weighted by atomic mass is 10.4. The lowest BCUT2D eigenvalue weighted by molar-refractivity contribution is -0.141. The summed E-state index contributed by atoms with van der Waals surface area (Å²) >= 11 is 1.52. The number of thioether (sulfide) groups is 1. The standard InChI is InChI=1S/C10H19NO4S/c1-11(5-4-10(13)15-3)9(12)8-16-7-6-14-2/h4-8H2,1-3H3. The molecule has 0 spiro atoms. The smallest absolute Gasteiger partial charge is 0.307 e. The van der Waals surface area contributed by atoms with Gasteiger partial charge in [-0.2, -0.15) is 0 Å². The quantitative estimate of drug-likeness (QED) is 0.460. The summed E-state index contributed by atoms with van der Waals surface area (Å²) in [6.45, 7) is 1.04. The zero-order chi connectivity index (χ0) is 12.4. The number of carbonyl (C=O) groups is 2. The van der Waals surface area contributed by atoms with Gasteiger partial charge in [-0.3, -0.25) is 9.59 Å². The minimum Gasteiger partial charge on any atom is -0.469 e. The Hall–Kier alpha value is -0.750. The van der Waals surface area contributed by atoms with E-state index in [1.807, 2.05) is 0 Å². The number of hydrogen-bond acceptors (Lipinski definition) is 5. The van der Waals surface area contributed by atoms with E-state index >= 15 is 0 Å². The van der Waals surface area contributed by atoms with Crippen molar-refractivity contribution < 1.29 is 19.1 Å². The van der Waals surface area contributed by atoms with Crippen LogP contribution < -0.4 is 0 Å². The molecule has 0 rings (SSSR count). The largest absolute Gasteiger partial charge is 0.469 e. The van der Waals surface area contributed by atoms with Crippen LogP contribution in [0.1, 0.15) is 6.42 Å². The fraction of sp³-hybridized carbons (Fsp3) is 0.800. The van der Waals surface area contributed by atoms with Crippen molar-refractivity contribution in [3.8, 4) is 0 Å². The van der Waals surface area contributed by atoms with Gasteiger partial charge in [-0.1, -0.05) is 0 Å². The lowest BCUT2D eigenvalue weighted by Crippen LogP contribution is -2.30. The first-order valence-corrected chi connectivity index (χ1v) is 6.14. The van der Waals surface area contributed by atoms with Crippen molar-refractivity contribution in [2.45, 2.75) is 6.42 Å². The molecule has 6 heteroatoms. The van der Waals surface area contributed by atoms with Crippen LogP contribution in [0, 0.1) is 0 Å². The number of methoxy groups -OCH3 is 2. The predicted octanol–water partition coefficient (Wildman–Crippen LogP) is 0.387. The summed E-state index contributed by atoms with van der Waals surface area (Å²) in [6, 6.07) is 0. The maximum absolute atomic E-state index is 11.5. The van der Waals surface area contributed by atoms with Crippen LogP contribution in [-0.2, 0) is 19.1 Å². The average molecular weight is 249 g/mol. The van der Waals surface area contributed by atoms with E-state index in [0.717, 1.165) is 5.75 Å². The first-order valence-electron chi connectivity index (χ1n) is 4.99. The molecule has 0 heterocycles. The third-order valence-electron chi connectivity index (χ3n) is 1.96. The van der Waals surface area contributed by atoms with E-state index in [0.29, 0.717) is 18.9 Å². The molecule has 0 radical (unpaired) electrons. The molecular weight excluding hydrogens is 230 g/mol. The monoisotopic (exact) mass is 249 g/mol. The fourth-order valence-corrected chi connectivity index (χ4v) is 1.72. The van der Waals surface area contributed by atoms with Gasteiger partial charge in [-0.15, -0.1) is 11.8 Å². The van der Waals surface area contributed by atoms with Crippen molar-refractivity contribution in [1.82, 2.24) is 4.90 Å². The zero-order valence-electron chi connectivity index (χ0n) is 10.0. The minimum absolute atomic E-state index is 0.0185. The highest BCUT2D eigenvalue weighted by Gasteiger charge is 2.10. The van der Waals surface area contributed by atoms with E-state index < -0.39 is 0 Å². The van der Waals surface area contributed by atoms with Crippen LogP contribution in [0.3, 0.4) is 0 Å². The third-order valence-corrected chi connectivity index (χ3v) is 2.87. The Morgan fingerprint density at radius 3 is 2.56 bits per heavy atom. The molecule has 1 amide bonds. The maximum Gasteiger partial charge on any atom is 0.307 e. The van der Waals surface area contributed by atoms with Crippen LogP contribution >= 0.6 is 11.8 Å². The van der Waals surface area contributed by atoms with Gasteiger partial charge < -0.3 is 14.4 Å². The molecule has 0 aliphatic carbocycles. The molecule has 94 valence electrons. The second-order valence-electron chi connectivity index (χ2n) is 3.19. The molecule has 0 bridgehead atoms. The van der Waals surface area contributed by atoms with Crippen LogP contribution in [0.2, 0.25) is 0 Å². The summed E-state index contributed by atoms with van der Waals surface area (Å²) in [7, 11) is 4.65. The zero-order valence-corrected chi connectivity index (χ0v) is 10.8. The van der Waals surface area contributed by atoms with E-state index in [-0.39, 0.29) is 18.3 Å². The van der Waals surface area contributed by atoms with Crippen molar-refractivity contribution in [1.29, 1.82) is 0 Å². The van der Waals surface area contributed by atoms with Crippen molar-refractivity contribution in [3.05, 3.63) is 0 Å². The van der Waals surface area contributed by atoms with Gasteiger partial charge in [0.05, 0.1) is 25.9 Å². The number of rotatable bonds is 8. The summed E-state index contributed by atoms with van der Waals surface area (Å²) in [5, 5.41) is 0. The van der Waals surface area contributed by atoms with Crippen molar-refractivity contribution in [3.63, 3.8) is 0 Å². The molecule has 0 saturated carbocycles. The van der Waals surface area contributed by atoms with Crippen molar-refractivity contribution >= 4 is 23.6 Å². The van der Waals surface area contributed by atoms with E-state index in [1.54, 1.807) is 14.2 Å². The van der Waals surface area contributed by atoms with Gasteiger partial charge in [-0.25, -0.2) is 0 Å². The Bertz CT molecular complexity index is 223. The molecule has 0 fully saturated rings. The van der Waals surface area contributed by atoms with Gasteiger partial charge in [0, 0.05) is 26.5 Å². The molecule has 0 aromatic rings. The summed E-state index contributed by atoms with van der Waals surface area (Å²) in [6.07, 6.45) is 0.238. The minimum atomic E-state index is -0.299. The van der Waals surface area contributed by atoms with Crippen LogP contribution in [0.5, 0.6) is 0 Å². The van der Waals surface area contributed by atoms with Crippen molar-refractivity contribution in [2.75, 3.05) is 45.9 Å². The van der Waals surface area contributed by atoms with Gasteiger partial charge in [-0.05, 0) is 0 Å². The number of amides is 1. The Kier molecular flexibility index (Phi) is 9.03. The van der Waals surface area contributed by atoms with Crippen LogP contribution in [-0.4, -0.2) is 62.7 Å². The third kappa shape index (κ3) is 7.53. The number of esters is 1. The van der Waals surface area contributed by atoms with Crippen molar-refractivity contribution in [2.24, 2.45) is 0 Å². The molecule has 0 atom stereocenters. The predicted molar refractivity (Wildman–Crippen MR) is 63.5 cm³/mol. The van der Waals surface area contributed by atoms with Crippen LogP contribution in [0.25, 0.3) is 0 Å². The highest BCUT2D eigenvalue weighted by Crippen LogP contribution is 2.02. The van der Waals surface area contributed by atoms with E-state index in [9.17, 15) is 9.59 Å². The van der Waals surface area contributed by atoms with Crippen LogP contribution in [0.15, 0.2) is 0 Å². The topological polar surface area (TPSA) is 55.8 Å². The maximum atomic E-state index is 11.5. The second-order valence-corrected chi connectivity index (χ2v) is 4.29.